The normalized spacial score (nSPS) is 27.7. The molecule has 0 spiro atoms. The lowest BCUT2D eigenvalue weighted by atomic mass is 9.91. The Labute approximate surface area is 107 Å². The Bertz CT molecular complexity index is 211. The van der Waals surface area contributed by atoms with Gasteiger partial charge in [-0.1, -0.05) is 34.1 Å². The minimum atomic E-state index is -0.0851. The molecule has 4 unspecified atom stereocenters. The summed E-state index contributed by atoms with van der Waals surface area (Å²) in [6.07, 6.45) is 4.90. The van der Waals surface area contributed by atoms with Crippen molar-refractivity contribution in [1.29, 1.82) is 0 Å². The maximum Gasteiger partial charge on any atom is 0.0912 e. The molecule has 2 nitrogen and oxygen atoms in total. The molecule has 1 saturated heterocycles. The third-order valence-electron chi connectivity index (χ3n) is 4.60. The second-order valence-electron chi connectivity index (χ2n) is 5.84. The van der Waals surface area contributed by atoms with Gasteiger partial charge in [0.05, 0.1) is 18.3 Å². The summed E-state index contributed by atoms with van der Waals surface area (Å²) in [6, 6.07) is 0. The average Bonchev–Trinajstić information content (AvgIpc) is 2.88. The van der Waals surface area contributed by atoms with E-state index in [1.165, 1.54) is 12.8 Å². The first-order chi connectivity index (χ1) is 8.03. The zero-order valence-corrected chi connectivity index (χ0v) is 12.3. The first-order valence-electron chi connectivity index (χ1n) is 7.29. The van der Waals surface area contributed by atoms with Gasteiger partial charge < -0.3 is 9.47 Å². The zero-order valence-electron chi connectivity index (χ0n) is 12.3. The quantitative estimate of drug-likeness (QED) is 0.671. The lowest BCUT2D eigenvalue weighted by Gasteiger charge is -2.35. The monoisotopic (exact) mass is 242 g/mol. The maximum atomic E-state index is 6.22. The largest absolute Gasteiger partial charge is 0.375 e. The van der Waals surface area contributed by atoms with Crippen molar-refractivity contribution in [3.8, 4) is 0 Å². The van der Waals surface area contributed by atoms with E-state index in [1.807, 2.05) is 0 Å². The fraction of sp³-hybridized carbons (Fsp3) is 1.00. The Balaban J connectivity index is 2.45. The summed E-state index contributed by atoms with van der Waals surface area (Å²) in [7, 11) is 0. The van der Waals surface area contributed by atoms with E-state index in [-0.39, 0.29) is 5.60 Å². The molecule has 0 amide bonds. The van der Waals surface area contributed by atoms with Crippen LogP contribution in [0.3, 0.4) is 0 Å². The molecule has 2 heteroatoms. The van der Waals surface area contributed by atoms with E-state index >= 15 is 0 Å². The molecule has 17 heavy (non-hydrogen) atoms. The summed E-state index contributed by atoms with van der Waals surface area (Å²) in [5.41, 5.74) is -0.0851. The first kappa shape index (κ1) is 15.0. The van der Waals surface area contributed by atoms with Crippen LogP contribution < -0.4 is 0 Å². The standard InChI is InChI=1S/C15H30O2/c1-6-12(3)13(4)11-17-15(5,7-2)14-9-8-10-16-14/h12-14H,6-11H2,1-5H3. The maximum absolute atomic E-state index is 6.22. The van der Waals surface area contributed by atoms with Crippen LogP contribution in [-0.2, 0) is 9.47 Å². The molecule has 102 valence electrons. The summed E-state index contributed by atoms with van der Waals surface area (Å²) in [4.78, 5) is 0. The van der Waals surface area contributed by atoms with E-state index in [0.717, 1.165) is 32.0 Å². The molecule has 0 aliphatic carbocycles. The first-order valence-corrected chi connectivity index (χ1v) is 7.29. The Morgan fingerprint density at radius 1 is 1.29 bits per heavy atom. The Kier molecular flexibility index (Phi) is 5.94. The van der Waals surface area contributed by atoms with E-state index in [4.69, 9.17) is 9.47 Å². The Hall–Kier alpha value is -0.0800. The molecule has 0 radical (unpaired) electrons. The van der Waals surface area contributed by atoms with Crippen LogP contribution in [0.4, 0.5) is 0 Å². The summed E-state index contributed by atoms with van der Waals surface area (Å²) >= 11 is 0. The van der Waals surface area contributed by atoms with Gasteiger partial charge in [-0.3, -0.25) is 0 Å². The van der Waals surface area contributed by atoms with Gasteiger partial charge in [0, 0.05) is 6.61 Å². The molecule has 1 heterocycles. The smallest absolute Gasteiger partial charge is 0.0912 e. The highest BCUT2D eigenvalue weighted by Crippen LogP contribution is 2.31. The molecule has 0 aromatic rings. The van der Waals surface area contributed by atoms with Crippen LogP contribution in [0, 0.1) is 11.8 Å². The fourth-order valence-corrected chi connectivity index (χ4v) is 2.37. The zero-order chi connectivity index (χ0) is 12.9. The van der Waals surface area contributed by atoms with E-state index in [0.29, 0.717) is 12.0 Å². The van der Waals surface area contributed by atoms with Crippen molar-refractivity contribution in [3.05, 3.63) is 0 Å². The van der Waals surface area contributed by atoms with Crippen molar-refractivity contribution in [1.82, 2.24) is 0 Å². The van der Waals surface area contributed by atoms with Gasteiger partial charge >= 0.3 is 0 Å². The topological polar surface area (TPSA) is 18.5 Å². The van der Waals surface area contributed by atoms with Crippen molar-refractivity contribution in [3.63, 3.8) is 0 Å². The fourth-order valence-electron chi connectivity index (χ4n) is 2.37. The molecule has 1 aliphatic rings. The van der Waals surface area contributed by atoms with E-state index in [9.17, 15) is 0 Å². The van der Waals surface area contributed by atoms with Crippen LogP contribution >= 0.6 is 0 Å². The highest BCUT2D eigenvalue weighted by molar-refractivity contribution is 4.87. The molecule has 1 aliphatic heterocycles. The second kappa shape index (κ2) is 6.75. The summed E-state index contributed by atoms with van der Waals surface area (Å²) in [5, 5.41) is 0. The molecule has 1 fully saturated rings. The van der Waals surface area contributed by atoms with Gasteiger partial charge in [0.25, 0.3) is 0 Å². The lowest BCUT2D eigenvalue weighted by molar-refractivity contribution is -0.131. The van der Waals surface area contributed by atoms with Crippen molar-refractivity contribution in [2.75, 3.05) is 13.2 Å². The molecule has 0 saturated carbocycles. The van der Waals surface area contributed by atoms with Gasteiger partial charge in [0.1, 0.15) is 0 Å². The van der Waals surface area contributed by atoms with Crippen LogP contribution in [0.5, 0.6) is 0 Å². The van der Waals surface area contributed by atoms with E-state index < -0.39 is 0 Å². The van der Waals surface area contributed by atoms with E-state index in [2.05, 4.69) is 34.6 Å². The third-order valence-corrected chi connectivity index (χ3v) is 4.60. The highest BCUT2D eigenvalue weighted by atomic mass is 16.6. The van der Waals surface area contributed by atoms with Crippen LogP contribution in [0.15, 0.2) is 0 Å². The highest BCUT2D eigenvalue weighted by Gasteiger charge is 2.37. The molecule has 4 atom stereocenters. The molecule has 0 N–H and O–H groups in total. The van der Waals surface area contributed by atoms with Crippen molar-refractivity contribution >= 4 is 0 Å². The summed E-state index contributed by atoms with van der Waals surface area (Å²) in [5.74, 6) is 1.37. The van der Waals surface area contributed by atoms with Crippen LogP contribution in [-0.4, -0.2) is 24.9 Å². The lowest BCUT2D eigenvalue weighted by Crippen LogP contribution is -2.42. The van der Waals surface area contributed by atoms with Gasteiger partial charge in [-0.25, -0.2) is 0 Å². The van der Waals surface area contributed by atoms with Crippen LogP contribution in [0.25, 0.3) is 0 Å². The van der Waals surface area contributed by atoms with Crippen LogP contribution in [0.1, 0.15) is 60.3 Å². The van der Waals surface area contributed by atoms with E-state index in [1.54, 1.807) is 0 Å². The summed E-state index contributed by atoms with van der Waals surface area (Å²) < 4.78 is 12.0. The molecule has 0 bridgehead atoms. The minimum Gasteiger partial charge on any atom is -0.375 e. The second-order valence-corrected chi connectivity index (χ2v) is 5.84. The minimum absolute atomic E-state index is 0.0851. The number of rotatable bonds is 7. The van der Waals surface area contributed by atoms with Crippen LogP contribution in [0.2, 0.25) is 0 Å². The van der Waals surface area contributed by atoms with Crippen molar-refractivity contribution in [2.45, 2.75) is 72.0 Å². The molecular weight excluding hydrogens is 212 g/mol. The Morgan fingerprint density at radius 3 is 2.47 bits per heavy atom. The van der Waals surface area contributed by atoms with Gasteiger partial charge in [0.15, 0.2) is 0 Å². The van der Waals surface area contributed by atoms with Gasteiger partial charge in [-0.05, 0) is 38.0 Å². The van der Waals surface area contributed by atoms with Gasteiger partial charge in [0.2, 0.25) is 0 Å². The number of ether oxygens (including phenoxy) is 2. The van der Waals surface area contributed by atoms with Crippen molar-refractivity contribution < 1.29 is 9.47 Å². The third kappa shape index (κ3) is 3.96. The predicted octanol–water partition coefficient (Wildman–Crippen LogP) is 4.03. The number of hydrogen-bond donors (Lipinski definition) is 0. The Morgan fingerprint density at radius 2 is 2.00 bits per heavy atom. The average molecular weight is 242 g/mol. The van der Waals surface area contributed by atoms with Gasteiger partial charge in [-0.15, -0.1) is 0 Å². The molecule has 0 aromatic heterocycles. The molecule has 1 rings (SSSR count). The number of hydrogen-bond acceptors (Lipinski definition) is 2. The van der Waals surface area contributed by atoms with Gasteiger partial charge in [-0.2, -0.15) is 0 Å². The predicted molar refractivity (Wildman–Crippen MR) is 72.2 cm³/mol. The van der Waals surface area contributed by atoms with Crippen molar-refractivity contribution in [2.24, 2.45) is 11.8 Å². The SMILES string of the molecule is CCC(C)C(C)COC(C)(CC)C1CCCO1. The molecular formula is C15H30O2. The summed E-state index contributed by atoms with van der Waals surface area (Å²) in [6.45, 7) is 13.0. The molecule has 0 aromatic carbocycles.